The number of thiophene rings is 1. The Morgan fingerprint density at radius 1 is 1.10 bits per heavy atom. The Bertz CT molecular complexity index is 694. The fraction of sp³-hybridized carbons (Fsp3) is 0.200. The van der Waals surface area contributed by atoms with Crippen LogP contribution in [0, 0.1) is 11.7 Å². The third-order valence-electron chi connectivity index (χ3n) is 3.15. The van der Waals surface area contributed by atoms with Gasteiger partial charge < -0.3 is 10.6 Å². The van der Waals surface area contributed by atoms with Gasteiger partial charge in [0.15, 0.2) is 0 Å². The second-order valence-electron chi connectivity index (χ2n) is 4.86. The second-order valence-corrected chi connectivity index (χ2v) is 5.95. The van der Waals surface area contributed by atoms with Gasteiger partial charge in [0, 0.05) is 5.92 Å². The zero-order chi connectivity index (χ0) is 14.8. The lowest BCUT2D eigenvalue weighted by Crippen LogP contribution is -2.12. The predicted molar refractivity (Wildman–Crippen MR) is 80.0 cm³/mol. The van der Waals surface area contributed by atoms with Crippen LogP contribution in [0.25, 0.3) is 0 Å². The molecule has 1 aromatic heterocycles. The molecule has 0 spiro atoms. The highest BCUT2D eigenvalue weighted by Gasteiger charge is 2.29. The lowest BCUT2D eigenvalue weighted by molar-refractivity contribution is -0.117. The molecule has 2 amide bonds. The van der Waals surface area contributed by atoms with Crippen LogP contribution in [0.15, 0.2) is 36.4 Å². The number of nitrogens with one attached hydrogen (secondary N) is 2. The number of halogens is 1. The van der Waals surface area contributed by atoms with Crippen LogP contribution in [0.2, 0.25) is 0 Å². The average molecular weight is 304 g/mol. The van der Waals surface area contributed by atoms with Crippen LogP contribution < -0.4 is 10.6 Å². The van der Waals surface area contributed by atoms with Gasteiger partial charge in [0.25, 0.3) is 5.91 Å². The van der Waals surface area contributed by atoms with E-state index < -0.39 is 11.7 Å². The first-order valence-corrected chi connectivity index (χ1v) is 7.42. The van der Waals surface area contributed by atoms with E-state index in [2.05, 4.69) is 10.6 Å². The van der Waals surface area contributed by atoms with Crippen molar-refractivity contribution in [2.75, 3.05) is 10.6 Å². The Kier molecular flexibility index (Phi) is 3.70. The van der Waals surface area contributed by atoms with Crippen LogP contribution in [-0.4, -0.2) is 11.8 Å². The van der Waals surface area contributed by atoms with Gasteiger partial charge in [0.2, 0.25) is 5.91 Å². The minimum Gasteiger partial charge on any atom is -0.319 e. The minimum atomic E-state index is -0.482. The SMILES string of the molecule is O=C(Nc1ccccc1F)c1ccc(NC(=O)C2CC2)s1. The van der Waals surface area contributed by atoms with Crippen molar-refractivity contribution < 1.29 is 14.0 Å². The van der Waals surface area contributed by atoms with Crippen LogP contribution in [0.5, 0.6) is 0 Å². The number of benzene rings is 1. The standard InChI is InChI=1S/C15H13FN2O2S/c16-10-3-1-2-4-11(10)17-15(20)12-7-8-13(21-12)18-14(19)9-5-6-9/h1-4,7-9H,5-6H2,(H,17,20)(H,18,19). The molecule has 6 heteroatoms. The number of rotatable bonds is 4. The average Bonchev–Trinajstić information content (AvgIpc) is 3.22. The highest BCUT2D eigenvalue weighted by atomic mass is 32.1. The summed E-state index contributed by atoms with van der Waals surface area (Å²) in [5.41, 5.74) is 0.138. The quantitative estimate of drug-likeness (QED) is 0.908. The largest absolute Gasteiger partial charge is 0.319 e. The molecule has 1 heterocycles. The molecule has 1 aromatic carbocycles. The highest BCUT2D eigenvalue weighted by Crippen LogP contribution is 2.31. The Morgan fingerprint density at radius 3 is 2.57 bits per heavy atom. The monoisotopic (exact) mass is 304 g/mol. The van der Waals surface area contributed by atoms with Crippen LogP contribution in [-0.2, 0) is 4.79 Å². The maximum Gasteiger partial charge on any atom is 0.265 e. The second kappa shape index (κ2) is 5.65. The van der Waals surface area contributed by atoms with E-state index in [-0.39, 0.29) is 17.5 Å². The van der Waals surface area contributed by atoms with Crippen molar-refractivity contribution in [2.45, 2.75) is 12.8 Å². The minimum absolute atomic E-state index is 0.00193. The fourth-order valence-corrected chi connectivity index (χ4v) is 2.65. The number of anilines is 2. The predicted octanol–water partition coefficient (Wildman–Crippen LogP) is 3.49. The Labute approximate surface area is 125 Å². The smallest absolute Gasteiger partial charge is 0.265 e. The van der Waals surface area contributed by atoms with Gasteiger partial charge in [-0.1, -0.05) is 12.1 Å². The third-order valence-corrected chi connectivity index (χ3v) is 4.15. The topological polar surface area (TPSA) is 58.2 Å². The number of amides is 2. The van der Waals surface area contributed by atoms with Crippen molar-refractivity contribution in [3.63, 3.8) is 0 Å². The van der Waals surface area contributed by atoms with Gasteiger partial charge in [-0.2, -0.15) is 0 Å². The summed E-state index contributed by atoms with van der Waals surface area (Å²) >= 11 is 1.17. The van der Waals surface area contributed by atoms with Gasteiger partial charge in [0.1, 0.15) is 5.82 Å². The van der Waals surface area contributed by atoms with Crippen LogP contribution in [0.1, 0.15) is 22.5 Å². The molecule has 1 aliphatic carbocycles. The number of para-hydroxylation sites is 1. The van der Waals surface area contributed by atoms with Crippen LogP contribution in [0.4, 0.5) is 15.1 Å². The van der Waals surface area contributed by atoms with E-state index in [1.807, 2.05) is 0 Å². The first kappa shape index (κ1) is 13.8. The summed E-state index contributed by atoms with van der Waals surface area (Å²) in [6, 6.07) is 9.28. The van der Waals surface area contributed by atoms with Crippen molar-refractivity contribution in [3.05, 3.63) is 47.1 Å². The zero-order valence-electron chi connectivity index (χ0n) is 11.1. The van der Waals surface area contributed by atoms with Gasteiger partial charge in [-0.15, -0.1) is 11.3 Å². The molecule has 1 aliphatic rings. The van der Waals surface area contributed by atoms with E-state index in [0.717, 1.165) is 12.8 Å². The van der Waals surface area contributed by atoms with Crippen molar-refractivity contribution in [1.82, 2.24) is 0 Å². The Morgan fingerprint density at radius 2 is 1.86 bits per heavy atom. The first-order chi connectivity index (χ1) is 10.1. The van der Waals surface area contributed by atoms with Gasteiger partial charge in [-0.25, -0.2) is 4.39 Å². The lowest BCUT2D eigenvalue weighted by Gasteiger charge is -2.04. The maximum atomic E-state index is 13.5. The molecule has 1 saturated carbocycles. The van der Waals surface area contributed by atoms with E-state index >= 15 is 0 Å². The number of carbonyl (C=O) groups excluding carboxylic acids is 2. The third kappa shape index (κ3) is 3.28. The summed E-state index contributed by atoms with van der Waals surface area (Å²) in [7, 11) is 0. The van der Waals surface area contributed by atoms with Crippen LogP contribution in [0.3, 0.4) is 0 Å². The molecule has 0 atom stereocenters. The normalized spacial score (nSPS) is 13.8. The van der Waals surface area contributed by atoms with Gasteiger partial charge in [-0.05, 0) is 37.1 Å². The molecule has 108 valence electrons. The van der Waals surface area contributed by atoms with Gasteiger partial charge >= 0.3 is 0 Å². The molecule has 3 rings (SSSR count). The Hall–Kier alpha value is -2.21. The molecule has 0 unspecified atom stereocenters. The number of hydrogen-bond donors (Lipinski definition) is 2. The van der Waals surface area contributed by atoms with Gasteiger partial charge in [-0.3, -0.25) is 9.59 Å². The first-order valence-electron chi connectivity index (χ1n) is 6.60. The van der Waals surface area contributed by atoms with E-state index in [1.165, 1.54) is 23.5 Å². The fourth-order valence-electron chi connectivity index (χ4n) is 1.84. The molecule has 21 heavy (non-hydrogen) atoms. The maximum absolute atomic E-state index is 13.5. The van der Waals surface area contributed by atoms with E-state index in [4.69, 9.17) is 0 Å². The summed E-state index contributed by atoms with van der Waals surface area (Å²) < 4.78 is 13.5. The van der Waals surface area contributed by atoms with E-state index in [0.29, 0.717) is 9.88 Å². The van der Waals surface area contributed by atoms with E-state index in [1.54, 1.807) is 24.3 Å². The molecule has 0 saturated heterocycles. The summed E-state index contributed by atoms with van der Waals surface area (Å²) in [5.74, 6) is -0.762. The molecule has 2 N–H and O–H groups in total. The zero-order valence-corrected chi connectivity index (χ0v) is 11.9. The van der Waals surface area contributed by atoms with Crippen molar-refractivity contribution in [1.29, 1.82) is 0 Å². The highest BCUT2D eigenvalue weighted by molar-refractivity contribution is 7.18. The van der Waals surface area contributed by atoms with Crippen molar-refractivity contribution in [2.24, 2.45) is 5.92 Å². The molecule has 0 radical (unpaired) electrons. The molecular formula is C15H13FN2O2S. The molecule has 4 nitrogen and oxygen atoms in total. The van der Waals surface area contributed by atoms with Gasteiger partial charge in [0.05, 0.1) is 15.6 Å². The van der Waals surface area contributed by atoms with Crippen molar-refractivity contribution in [3.8, 4) is 0 Å². The van der Waals surface area contributed by atoms with Crippen molar-refractivity contribution >= 4 is 33.8 Å². The molecule has 0 bridgehead atoms. The lowest BCUT2D eigenvalue weighted by atomic mass is 10.3. The number of carbonyl (C=O) groups is 2. The molecular weight excluding hydrogens is 291 g/mol. The molecule has 1 fully saturated rings. The number of hydrogen-bond acceptors (Lipinski definition) is 3. The van der Waals surface area contributed by atoms with Crippen LogP contribution >= 0.6 is 11.3 Å². The summed E-state index contributed by atoms with van der Waals surface area (Å²) in [6.07, 6.45) is 1.86. The molecule has 0 aliphatic heterocycles. The molecule has 2 aromatic rings. The summed E-state index contributed by atoms with van der Waals surface area (Å²) in [4.78, 5) is 24.1. The van der Waals surface area contributed by atoms with E-state index in [9.17, 15) is 14.0 Å². The summed E-state index contributed by atoms with van der Waals surface area (Å²) in [6.45, 7) is 0. The Balaban J connectivity index is 1.66. The summed E-state index contributed by atoms with van der Waals surface area (Å²) in [5, 5.41) is 5.92.